The Morgan fingerprint density at radius 1 is 1.08 bits per heavy atom. The quantitative estimate of drug-likeness (QED) is 0.301. The molecular formula is C13H9Cl4F4N3S. The number of hydrogen-bond donors (Lipinski definition) is 0. The van der Waals surface area contributed by atoms with Gasteiger partial charge < -0.3 is 4.90 Å². The number of halogens is 8. The van der Waals surface area contributed by atoms with Crippen LogP contribution in [0.5, 0.6) is 0 Å². The number of alkyl halides is 6. The second-order valence-corrected chi connectivity index (χ2v) is 8.68. The predicted molar refractivity (Wildman–Crippen MR) is 94.3 cm³/mol. The van der Waals surface area contributed by atoms with Crippen molar-refractivity contribution in [2.24, 2.45) is 0 Å². The van der Waals surface area contributed by atoms with Crippen molar-refractivity contribution in [1.82, 2.24) is 9.78 Å². The summed E-state index contributed by atoms with van der Waals surface area (Å²) in [7, 11) is 3.23. The van der Waals surface area contributed by atoms with Gasteiger partial charge in [0.1, 0.15) is 11.5 Å². The van der Waals surface area contributed by atoms with Crippen molar-refractivity contribution in [2.45, 2.75) is 15.0 Å². The van der Waals surface area contributed by atoms with Crippen molar-refractivity contribution in [3.05, 3.63) is 33.9 Å². The lowest BCUT2D eigenvalue weighted by Gasteiger charge is -2.20. The minimum absolute atomic E-state index is 0.0143. The van der Waals surface area contributed by atoms with Crippen molar-refractivity contribution < 1.29 is 17.6 Å². The fourth-order valence-electron chi connectivity index (χ4n) is 2.03. The van der Waals surface area contributed by atoms with E-state index >= 15 is 0 Å². The molecule has 0 fully saturated rings. The minimum atomic E-state index is -4.60. The van der Waals surface area contributed by atoms with Crippen LogP contribution in [0.25, 0.3) is 5.69 Å². The highest BCUT2D eigenvalue weighted by atomic mass is 35.5. The summed E-state index contributed by atoms with van der Waals surface area (Å²) in [4.78, 5) is 1.78. The van der Waals surface area contributed by atoms with Crippen molar-refractivity contribution in [2.75, 3.05) is 19.0 Å². The Morgan fingerprint density at radius 3 is 2.00 bits per heavy atom. The molecule has 1 heterocycles. The van der Waals surface area contributed by atoms with Gasteiger partial charge in [0.15, 0.2) is 0 Å². The van der Waals surface area contributed by atoms with Crippen LogP contribution in [-0.4, -0.2) is 27.8 Å². The topological polar surface area (TPSA) is 21.1 Å². The number of nitrogens with zero attached hydrogens (tertiary/aromatic N) is 3. The molecule has 3 nitrogen and oxygen atoms in total. The third-order valence-electron chi connectivity index (χ3n) is 2.92. The molecule has 12 heteroatoms. The van der Waals surface area contributed by atoms with Crippen LogP contribution in [0, 0.1) is 0 Å². The van der Waals surface area contributed by atoms with E-state index in [4.69, 9.17) is 46.4 Å². The fraction of sp³-hybridized carbons (Fsp3) is 0.308. The Bertz CT molecular complexity index is 764. The Balaban J connectivity index is 2.63. The molecule has 0 bridgehead atoms. The van der Waals surface area contributed by atoms with E-state index in [2.05, 4.69) is 5.10 Å². The van der Waals surface area contributed by atoms with Gasteiger partial charge in [0, 0.05) is 14.1 Å². The molecule has 2 aromatic rings. The number of rotatable bonds is 4. The van der Waals surface area contributed by atoms with E-state index in [0.717, 1.165) is 12.1 Å². The normalized spacial score (nSPS) is 12.6. The van der Waals surface area contributed by atoms with Gasteiger partial charge in [-0.15, -0.1) is 0 Å². The van der Waals surface area contributed by atoms with Crippen LogP contribution in [0.4, 0.5) is 23.4 Å². The highest BCUT2D eigenvalue weighted by molar-refractivity contribution is 8.03. The molecule has 0 atom stereocenters. The summed E-state index contributed by atoms with van der Waals surface area (Å²) in [5.74, 6) is 0.289. The van der Waals surface area contributed by atoms with Crippen LogP contribution >= 0.6 is 58.2 Å². The second kappa shape index (κ2) is 7.23. The van der Waals surface area contributed by atoms with Crippen LogP contribution in [0.15, 0.2) is 23.2 Å². The molecular weight excluding hydrogens is 448 g/mol. The van der Waals surface area contributed by atoms with Gasteiger partial charge in [-0.3, -0.25) is 0 Å². The van der Waals surface area contributed by atoms with Crippen molar-refractivity contribution in [3.63, 3.8) is 0 Å². The van der Waals surface area contributed by atoms with Crippen LogP contribution < -0.4 is 4.90 Å². The smallest absolute Gasteiger partial charge is 0.362 e. The molecule has 0 amide bonds. The fourth-order valence-corrected chi connectivity index (χ4v) is 3.88. The number of aromatic nitrogens is 2. The van der Waals surface area contributed by atoms with Crippen molar-refractivity contribution >= 4 is 64.0 Å². The standard InChI is InChI=1S/C13H9Cl4F4N3S/c1-23(2)11-9(25-13(16,17)21)5-22-24(11)10-7(14)3-6(4-8(10)15)12(18,19)20/h3-5H,1-2H3. The molecule has 0 N–H and O–H groups in total. The van der Waals surface area contributed by atoms with Gasteiger partial charge in [-0.05, 0) is 23.9 Å². The summed E-state index contributed by atoms with van der Waals surface area (Å²) in [6, 6.07) is 1.47. The Hall–Kier alpha value is -0.540. The molecule has 0 radical (unpaired) electrons. The number of benzene rings is 1. The monoisotopic (exact) mass is 455 g/mol. The van der Waals surface area contributed by atoms with E-state index in [-0.39, 0.29) is 26.4 Å². The maximum Gasteiger partial charge on any atom is 0.416 e. The third-order valence-corrected chi connectivity index (χ3v) is 4.70. The molecule has 0 spiro atoms. The summed E-state index contributed by atoms with van der Waals surface area (Å²) in [6.45, 7) is 0. The third kappa shape index (κ3) is 4.80. The lowest BCUT2D eigenvalue weighted by Crippen LogP contribution is -2.16. The Labute approximate surface area is 164 Å². The van der Waals surface area contributed by atoms with E-state index < -0.39 is 15.7 Å². The van der Waals surface area contributed by atoms with E-state index in [9.17, 15) is 17.6 Å². The van der Waals surface area contributed by atoms with Crippen LogP contribution in [0.3, 0.4) is 0 Å². The summed E-state index contributed by atoms with van der Waals surface area (Å²) in [5.41, 5.74) is -0.982. The summed E-state index contributed by atoms with van der Waals surface area (Å²) >= 11 is 23.2. The van der Waals surface area contributed by atoms with Crippen molar-refractivity contribution in [1.29, 1.82) is 0 Å². The molecule has 138 valence electrons. The predicted octanol–water partition coefficient (Wildman–Crippen LogP) is 6.41. The maximum atomic E-state index is 13.5. The van der Waals surface area contributed by atoms with Crippen LogP contribution in [0.2, 0.25) is 10.0 Å². The lowest BCUT2D eigenvalue weighted by molar-refractivity contribution is -0.137. The molecule has 0 saturated heterocycles. The van der Waals surface area contributed by atoms with Gasteiger partial charge >= 0.3 is 10.1 Å². The van der Waals surface area contributed by atoms with E-state index in [1.165, 1.54) is 10.9 Å². The van der Waals surface area contributed by atoms with E-state index in [1.54, 1.807) is 19.0 Å². The zero-order valence-corrected chi connectivity index (χ0v) is 16.3. The summed E-state index contributed by atoms with van der Waals surface area (Å²) < 4.78 is 50.7. The number of thioether (sulfide) groups is 1. The minimum Gasteiger partial charge on any atom is -0.362 e. The SMILES string of the molecule is CN(C)c1c(SC(F)(Cl)Cl)cnn1-c1c(Cl)cc(C(F)(F)F)cc1Cl. The molecule has 2 rings (SSSR count). The molecule has 25 heavy (non-hydrogen) atoms. The molecule has 0 aliphatic heterocycles. The average Bonchev–Trinajstić information content (AvgIpc) is 2.78. The first-order valence-electron chi connectivity index (χ1n) is 6.39. The van der Waals surface area contributed by atoms with Gasteiger partial charge in [0.05, 0.1) is 26.7 Å². The average molecular weight is 457 g/mol. The first-order chi connectivity index (χ1) is 11.3. The Kier molecular flexibility index (Phi) is 6.01. The molecule has 1 aromatic carbocycles. The van der Waals surface area contributed by atoms with Gasteiger partial charge in [0.25, 0.3) is 0 Å². The molecule has 0 saturated carbocycles. The molecule has 1 aromatic heterocycles. The van der Waals surface area contributed by atoms with Gasteiger partial charge in [-0.25, -0.2) is 4.68 Å². The highest BCUT2D eigenvalue weighted by Gasteiger charge is 2.33. The van der Waals surface area contributed by atoms with Crippen LogP contribution in [-0.2, 0) is 6.18 Å². The number of anilines is 1. The summed E-state index contributed by atoms with van der Waals surface area (Å²) in [5, 5.41) is 3.48. The number of hydrogen-bond acceptors (Lipinski definition) is 3. The maximum absolute atomic E-state index is 13.5. The molecule has 0 aliphatic rings. The zero-order chi connectivity index (χ0) is 19.2. The largest absolute Gasteiger partial charge is 0.416 e. The lowest BCUT2D eigenvalue weighted by atomic mass is 10.2. The molecule has 0 unspecified atom stereocenters. The molecule has 0 aliphatic carbocycles. The van der Waals surface area contributed by atoms with E-state index in [0.29, 0.717) is 11.8 Å². The highest BCUT2D eigenvalue weighted by Crippen LogP contribution is 2.46. The first-order valence-corrected chi connectivity index (χ1v) is 8.72. The zero-order valence-electron chi connectivity index (χ0n) is 12.5. The van der Waals surface area contributed by atoms with Gasteiger partial charge in [-0.2, -0.15) is 22.7 Å². The van der Waals surface area contributed by atoms with Crippen LogP contribution in [0.1, 0.15) is 5.56 Å². The summed E-state index contributed by atoms with van der Waals surface area (Å²) in [6.07, 6.45) is -3.35. The van der Waals surface area contributed by atoms with Gasteiger partial charge in [0.2, 0.25) is 0 Å². The van der Waals surface area contributed by atoms with Gasteiger partial charge in [-0.1, -0.05) is 46.4 Å². The van der Waals surface area contributed by atoms with Crippen molar-refractivity contribution in [3.8, 4) is 5.69 Å². The second-order valence-electron chi connectivity index (χ2n) is 4.97. The van der Waals surface area contributed by atoms with E-state index in [1.807, 2.05) is 0 Å². The Morgan fingerprint density at radius 2 is 1.60 bits per heavy atom. The first kappa shape index (κ1) is 20.8.